The van der Waals surface area contributed by atoms with Gasteiger partial charge in [-0.3, -0.25) is 4.57 Å². The largest absolute Gasteiger partial charge is 0.404 e. The number of aromatic nitrogens is 2. The van der Waals surface area contributed by atoms with E-state index in [1.807, 2.05) is 31.2 Å². The smallest absolute Gasteiger partial charge is 0.293 e. The Morgan fingerprint density at radius 1 is 1.22 bits per heavy atom. The fraction of sp³-hybridized carbons (Fsp3) is 0.182. The number of sulfonamides is 1. The number of hydrogen-bond donors (Lipinski definition) is 1. The Morgan fingerprint density at radius 3 is 2.41 bits per heavy atom. The number of fused-ring (bicyclic) bond motifs is 1. The maximum absolute atomic E-state index is 12.8. The van der Waals surface area contributed by atoms with Crippen LogP contribution in [0.5, 0.6) is 0 Å². The number of pyridine rings is 1. The number of alkyl halides is 3. The van der Waals surface area contributed by atoms with Crippen LogP contribution in [0.1, 0.15) is 18.1 Å². The molecule has 0 saturated carbocycles. The SMILES string of the molecule is Cc1cnc2c(c1)c(C#N)c(-c1ccc(S(=O)(=O)NC(C)C(F)(F)F)cc1)n2C1=CC=C1. The molecule has 2 aromatic heterocycles. The zero-order chi connectivity index (χ0) is 23.3. The summed E-state index contributed by atoms with van der Waals surface area (Å²) in [6.07, 6.45) is 2.54. The molecule has 0 spiro atoms. The molecule has 4 rings (SSSR count). The molecule has 32 heavy (non-hydrogen) atoms. The quantitative estimate of drug-likeness (QED) is 0.609. The molecule has 10 heteroatoms. The number of halogens is 3. The monoisotopic (exact) mass is 458 g/mol. The van der Waals surface area contributed by atoms with E-state index in [2.05, 4.69) is 11.1 Å². The summed E-state index contributed by atoms with van der Waals surface area (Å²) in [7, 11) is -4.38. The Labute approximate surface area is 182 Å². The highest BCUT2D eigenvalue weighted by atomic mass is 32.2. The van der Waals surface area contributed by atoms with Crippen LogP contribution < -0.4 is 4.72 Å². The number of nitrogens with zero attached hydrogens (tertiary/aromatic N) is 3. The molecule has 0 aliphatic heterocycles. The minimum absolute atomic E-state index is 0.310. The molecule has 1 aromatic carbocycles. The van der Waals surface area contributed by atoms with E-state index in [9.17, 15) is 26.9 Å². The third-order valence-corrected chi connectivity index (χ3v) is 6.67. The van der Waals surface area contributed by atoms with Crippen LogP contribution >= 0.6 is 0 Å². The van der Waals surface area contributed by atoms with Crippen LogP contribution in [0.4, 0.5) is 13.2 Å². The van der Waals surface area contributed by atoms with E-state index >= 15 is 0 Å². The first kappa shape index (κ1) is 21.8. The highest BCUT2D eigenvalue weighted by molar-refractivity contribution is 7.89. The van der Waals surface area contributed by atoms with Crippen molar-refractivity contribution in [2.75, 3.05) is 0 Å². The lowest BCUT2D eigenvalue weighted by atomic mass is 10.1. The predicted molar refractivity (Wildman–Crippen MR) is 114 cm³/mol. The van der Waals surface area contributed by atoms with E-state index in [0.717, 1.165) is 18.2 Å². The van der Waals surface area contributed by atoms with Gasteiger partial charge in [0.1, 0.15) is 17.8 Å². The summed E-state index contributed by atoms with van der Waals surface area (Å²) >= 11 is 0. The van der Waals surface area contributed by atoms with Gasteiger partial charge in [-0.25, -0.2) is 13.4 Å². The number of hydrogen-bond acceptors (Lipinski definition) is 4. The Bertz CT molecular complexity index is 1430. The number of benzene rings is 1. The Kier molecular flexibility index (Phi) is 5.19. The highest BCUT2D eigenvalue weighted by Gasteiger charge is 2.38. The van der Waals surface area contributed by atoms with Crippen molar-refractivity contribution in [2.45, 2.75) is 31.0 Å². The van der Waals surface area contributed by atoms with Crippen molar-refractivity contribution in [2.24, 2.45) is 0 Å². The van der Waals surface area contributed by atoms with Gasteiger partial charge in [-0.2, -0.15) is 23.2 Å². The fourth-order valence-electron chi connectivity index (χ4n) is 3.40. The zero-order valence-corrected chi connectivity index (χ0v) is 17.8. The lowest BCUT2D eigenvalue weighted by molar-refractivity contribution is -0.147. The van der Waals surface area contributed by atoms with Gasteiger partial charge in [0.05, 0.1) is 16.2 Å². The summed E-state index contributed by atoms with van der Waals surface area (Å²) in [5.74, 6) is 0. The second kappa shape index (κ2) is 7.62. The van der Waals surface area contributed by atoms with E-state index in [4.69, 9.17) is 0 Å². The Hall–Kier alpha value is -3.42. The first-order valence-electron chi connectivity index (χ1n) is 9.52. The lowest BCUT2D eigenvalue weighted by Crippen LogP contribution is -2.42. The van der Waals surface area contributed by atoms with Gasteiger partial charge in [0.25, 0.3) is 0 Å². The molecular weight excluding hydrogens is 441 g/mol. The fourth-order valence-corrected chi connectivity index (χ4v) is 4.63. The maximum Gasteiger partial charge on any atom is 0.404 e. The van der Waals surface area contributed by atoms with E-state index in [0.29, 0.717) is 27.9 Å². The number of rotatable bonds is 5. The van der Waals surface area contributed by atoms with Crippen molar-refractivity contribution in [1.82, 2.24) is 14.3 Å². The molecule has 0 amide bonds. The van der Waals surface area contributed by atoms with Gasteiger partial charge in [0.2, 0.25) is 10.0 Å². The predicted octanol–water partition coefficient (Wildman–Crippen LogP) is 4.52. The molecule has 1 atom stereocenters. The molecule has 0 fully saturated rings. The molecule has 3 aromatic rings. The van der Waals surface area contributed by atoms with Gasteiger partial charge in [0, 0.05) is 22.8 Å². The van der Waals surface area contributed by atoms with Crippen molar-refractivity contribution in [3.05, 3.63) is 65.9 Å². The standard InChI is InChI=1S/C22H17F3N4O2S/c1-13-10-18-19(11-26)20(29(16-4-3-5-16)21(18)27-12-13)15-6-8-17(9-7-15)32(30,31)28-14(2)22(23,24)25/h3-10,12,14,28H,1-2H3. The van der Waals surface area contributed by atoms with Crippen LogP contribution in [0.15, 0.2) is 59.7 Å². The van der Waals surface area contributed by atoms with Crippen LogP contribution in [0.3, 0.4) is 0 Å². The van der Waals surface area contributed by atoms with E-state index in [1.165, 1.54) is 24.3 Å². The minimum atomic E-state index is -4.70. The zero-order valence-electron chi connectivity index (χ0n) is 17.0. The summed E-state index contributed by atoms with van der Waals surface area (Å²) in [4.78, 5) is 4.17. The van der Waals surface area contributed by atoms with Gasteiger partial charge in [-0.05, 0) is 49.8 Å². The Balaban J connectivity index is 1.82. The van der Waals surface area contributed by atoms with Gasteiger partial charge in [-0.1, -0.05) is 18.2 Å². The number of nitrogens with one attached hydrogen (secondary N) is 1. The molecule has 1 aliphatic carbocycles. The lowest BCUT2D eigenvalue weighted by Gasteiger charge is -2.18. The van der Waals surface area contributed by atoms with Crippen molar-refractivity contribution in [3.63, 3.8) is 0 Å². The van der Waals surface area contributed by atoms with Crippen molar-refractivity contribution < 1.29 is 21.6 Å². The summed E-state index contributed by atoms with van der Waals surface area (Å²) < 4.78 is 66.5. The van der Waals surface area contributed by atoms with E-state index in [1.54, 1.807) is 15.5 Å². The van der Waals surface area contributed by atoms with Crippen LogP contribution in [-0.2, 0) is 10.0 Å². The van der Waals surface area contributed by atoms with Gasteiger partial charge >= 0.3 is 6.18 Å². The van der Waals surface area contributed by atoms with Crippen molar-refractivity contribution >= 4 is 26.8 Å². The van der Waals surface area contributed by atoms with Crippen molar-refractivity contribution in [1.29, 1.82) is 5.26 Å². The van der Waals surface area contributed by atoms with Gasteiger partial charge in [-0.15, -0.1) is 0 Å². The molecule has 2 heterocycles. The van der Waals surface area contributed by atoms with Gasteiger partial charge < -0.3 is 0 Å². The number of allylic oxidation sites excluding steroid dienone is 4. The second-order valence-corrected chi connectivity index (χ2v) is 9.13. The van der Waals surface area contributed by atoms with Crippen LogP contribution in [0.25, 0.3) is 28.0 Å². The highest BCUT2D eigenvalue weighted by Crippen LogP contribution is 2.37. The summed E-state index contributed by atoms with van der Waals surface area (Å²) in [6.45, 7) is 2.60. The van der Waals surface area contributed by atoms with Crippen molar-refractivity contribution in [3.8, 4) is 17.3 Å². The summed E-state index contributed by atoms with van der Waals surface area (Å²) in [6, 6.07) is 7.19. The molecule has 0 radical (unpaired) electrons. The summed E-state index contributed by atoms with van der Waals surface area (Å²) in [5, 5.41) is 10.5. The van der Waals surface area contributed by atoms with E-state index in [-0.39, 0.29) is 4.90 Å². The van der Waals surface area contributed by atoms with Crippen LogP contribution in [0, 0.1) is 18.3 Å². The number of aryl methyl sites for hydroxylation is 1. The normalized spacial score (nSPS) is 14.7. The first-order valence-corrected chi connectivity index (χ1v) is 11.0. The topological polar surface area (TPSA) is 87.8 Å². The average Bonchev–Trinajstić information content (AvgIpc) is 2.99. The third-order valence-electron chi connectivity index (χ3n) is 5.11. The molecule has 0 bridgehead atoms. The van der Waals surface area contributed by atoms with Crippen LogP contribution in [-0.4, -0.2) is 30.2 Å². The first-order chi connectivity index (χ1) is 15.0. The van der Waals surface area contributed by atoms with Gasteiger partial charge in [0.15, 0.2) is 0 Å². The van der Waals surface area contributed by atoms with E-state index < -0.39 is 22.2 Å². The molecule has 6 nitrogen and oxygen atoms in total. The molecule has 0 saturated heterocycles. The molecule has 1 N–H and O–H groups in total. The minimum Gasteiger partial charge on any atom is -0.293 e. The maximum atomic E-state index is 12.8. The summed E-state index contributed by atoms with van der Waals surface area (Å²) in [5.41, 5.74) is 3.69. The molecular formula is C22H17F3N4O2S. The third kappa shape index (κ3) is 3.70. The molecule has 164 valence electrons. The Morgan fingerprint density at radius 2 is 1.88 bits per heavy atom. The average molecular weight is 458 g/mol. The van der Waals surface area contributed by atoms with Crippen LogP contribution in [0.2, 0.25) is 0 Å². The number of nitriles is 1. The second-order valence-electron chi connectivity index (χ2n) is 7.41. The molecule has 1 unspecified atom stereocenters. The molecule has 1 aliphatic rings.